The van der Waals surface area contributed by atoms with Gasteiger partial charge in [-0.15, -0.1) is 0 Å². The van der Waals surface area contributed by atoms with Gasteiger partial charge in [0.15, 0.2) is 0 Å². The lowest BCUT2D eigenvalue weighted by Crippen LogP contribution is -2.18. The topological polar surface area (TPSA) is 91.8 Å². The lowest BCUT2D eigenvalue weighted by atomic mass is 10.1. The van der Waals surface area contributed by atoms with Crippen molar-refractivity contribution in [2.75, 3.05) is 13.2 Å². The normalized spacial score (nSPS) is 15.4. The SMILES string of the molecule is Cc1cnc(-c2noc(-c3ccc4c(c3)ncn4C3CCOCC3)n2)cn1. The maximum Gasteiger partial charge on any atom is 0.258 e. The molecule has 1 aliphatic heterocycles. The van der Waals surface area contributed by atoms with Crippen molar-refractivity contribution in [1.29, 1.82) is 0 Å². The van der Waals surface area contributed by atoms with Crippen LogP contribution in [0.25, 0.3) is 34.0 Å². The quantitative estimate of drug-likeness (QED) is 0.552. The van der Waals surface area contributed by atoms with Gasteiger partial charge in [-0.2, -0.15) is 4.98 Å². The van der Waals surface area contributed by atoms with Crippen LogP contribution in [-0.4, -0.2) is 42.9 Å². The van der Waals surface area contributed by atoms with Gasteiger partial charge in [0, 0.05) is 31.0 Å². The number of benzene rings is 1. The van der Waals surface area contributed by atoms with Crippen LogP contribution in [0.3, 0.4) is 0 Å². The molecule has 1 aromatic carbocycles. The van der Waals surface area contributed by atoms with Gasteiger partial charge in [0.25, 0.3) is 5.89 Å². The van der Waals surface area contributed by atoms with E-state index < -0.39 is 0 Å². The van der Waals surface area contributed by atoms with Crippen LogP contribution < -0.4 is 0 Å². The second-order valence-electron chi connectivity index (χ2n) is 6.67. The first-order valence-corrected chi connectivity index (χ1v) is 8.95. The molecule has 1 saturated heterocycles. The molecule has 8 heteroatoms. The van der Waals surface area contributed by atoms with Crippen LogP contribution in [0.15, 0.2) is 41.4 Å². The van der Waals surface area contributed by atoms with Gasteiger partial charge >= 0.3 is 0 Å². The number of nitrogens with zero attached hydrogens (tertiary/aromatic N) is 6. The van der Waals surface area contributed by atoms with Crippen LogP contribution in [0.5, 0.6) is 0 Å². The Morgan fingerprint density at radius 2 is 1.96 bits per heavy atom. The van der Waals surface area contributed by atoms with E-state index in [0.29, 0.717) is 23.5 Å². The minimum Gasteiger partial charge on any atom is -0.381 e. The number of imidazole rings is 1. The number of aryl methyl sites for hydroxylation is 1. The molecule has 0 saturated carbocycles. The van der Waals surface area contributed by atoms with Gasteiger partial charge in [0.1, 0.15) is 5.69 Å². The molecule has 136 valence electrons. The summed E-state index contributed by atoms with van der Waals surface area (Å²) in [4.78, 5) is 17.5. The van der Waals surface area contributed by atoms with Gasteiger partial charge in [0.2, 0.25) is 5.82 Å². The lowest BCUT2D eigenvalue weighted by Gasteiger charge is -2.23. The summed E-state index contributed by atoms with van der Waals surface area (Å²) in [5, 5.41) is 4.02. The Kier molecular flexibility index (Phi) is 3.90. The molecule has 27 heavy (non-hydrogen) atoms. The molecule has 0 atom stereocenters. The summed E-state index contributed by atoms with van der Waals surface area (Å²) >= 11 is 0. The molecule has 0 amide bonds. The van der Waals surface area contributed by atoms with Crippen molar-refractivity contribution >= 4 is 11.0 Å². The molecule has 0 bridgehead atoms. The van der Waals surface area contributed by atoms with E-state index >= 15 is 0 Å². The summed E-state index contributed by atoms with van der Waals surface area (Å²) in [6, 6.07) is 6.45. The van der Waals surface area contributed by atoms with Gasteiger partial charge < -0.3 is 13.8 Å². The zero-order valence-corrected chi connectivity index (χ0v) is 14.9. The van der Waals surface area contributed by atoms with Gasteiger partial charge in [0.05, 0.1) is 29.3 Å². The lowest BCUT2D eigenvalue weighted by molar-refractivity contribution is 0.0706. The second-order valence-corrected chi connectivity index (χ2v) is 6.67. The zero-order valence-electron chi connectivity index (χ0n) is 14.9. The van der Waals surface area contributed by atoms with Crippen LogP contribution in [0.4, 0.5) is 0 Å². The molecule has 0 spiro atoms. The Hall–Kier alpha value is -3.13. The van der Waals surface area contributed by atoms with Crippen molar-refractivity contribution in [3.05, 3.63) is 42.6 Å². The molecule has 5 rings (SSSR count). The average Bonchev–Trinajstić information content (AvgIpc) is 3.36. The predicted octanol–water partition coefficient (Wildman–Crippen LogP) is 3.20. The Balaban J connectivity index is 1.46. The first kappa shape index (κ1) is 16.1. The third kappa shape index (κ3) is 2.97. The van der Waals surface area contributed by atoms with Gasteiger partial charge in [-0.1, -0.05) is 5.16 Å². The monoisotopic (exact) mass is 362 g/mol. The molecule has 0 radical (unpaired) electrons. The third-order valence-corrected chi connectivity index (χ3v) is 4.84. The molecule has 1 fully saturated rings. The van der Waals surface area contributed by atoms with E-state index in [1.807, 2.05) is 25.4 Å². The molecule has 0 unspecified atom stereocenters. The Bertz CT molecular complexity index is 1080. The Morgan fingerprint density at radius 3 is 2.78 bits per heavy atom. The van der Waals surface area contributed by atoms with Crippen molar-refractivity contribution < 1.29 is 9.26 Å². The summed E-state index contributed by atoms with van der Waals surface area (Å²) < 4.78 is 13.1. The highest BCUT2D eigenvalue weighted by Crippen LogP contribution is 2.28. The number of fused-ring (bicyclic) bond motifs is 1. The van der Waals surface area contributed by atoms with E-state index in [1.165, 1.54) is 0 Å². The van der Waals surface area contributed by atoms with E-state index in [-0.39, 0.29) is 0 Å². The minimum atomic E-state index is 0.422. The van der Waals surface area contributed by atoms with E-state index in [0.717, 1.165) is 48.3 Å². The standard InChI is InChI=1S/C19H18N6O2/c1-12-9-21-16(10-20-12)18-23-19(27-24-18)13-2-3-17-15(8-13)22-11-25(17)14-4-6-26-7-5-14/h2-3,8-11,14H,4-7H2,1H3. The fourth-order valence-corrected chi connectivity index (χ4v) is 3.37. The Labute approximate surface area is 155 Å². The summed E-state index contributed by atoms with van der Waals surface area (Å²) in [6.07, 6.45) is 7.25. The highest BCUT2D eigenvalue weighted by molar-refractivity contribution is 5.80. The van der Waals surface area contributed by atoms with Crippen molar-refractivity contribution in [2.45, 2.75) is 25.8 Å². The summed E-state index contributed by atoms with van der Waals surface area (Å²) in [6.45, 7) is 3.48. The van der Waals surface area contributed by atoms with Crippen molar-refractivity contribution in [1.82, 2.24) is 29.7 Å². The van der Waals surface area contributed by atoms with Crippen LogP contribution >= 0.6 is 0 Å². The van der Waals surface area contributed by atoms with Crippen LogP contribution in [0.2, 0.25) is 0 Å². The highest BCUT2D eigenvalue weighted by atomic mass is 16.5. The summed E-state index contributed by atoms with van der Waals surface area (Å²) in [5.74, 6) is 0.861. The van der Waals surface area contributed by atoms with Crippen molar-refractivity contribution in [2.24, 2.45) is 0 Å². The first-order valence-electron chi connectivity index (χ1n) is 8.95. The predicted molar refractivity (Wildman–Crippen MR) is 97.9 cm³/mol. The molecule has 1 aliphatic rings. The zero-order chi connectivity index (χ0) is 18.2. The fraction of sp³-hybridized carbons (Fsp3) is 0.316. The first-order chi connectivity index (χ1) is 13.3. The minimum absolute atomic E-state index is 0.422. The maximum absolute atomic E-state index is 5.46. The maximum atomic E-state index is 5.46. The molecular formula is C19H18N6O2. The highest BCUT2D eigenvalue weighted by Gasteiger charge is 2.19. The largest absolute Gasteiger partial charge is 0.381 e. The third-order valence-electron chi connectivity index (χ3n) is 4.84. The van der Waals surface area contributed by atoms with E-state index in [4.69, 9.17) is 9.26 Å². The molecule has 0 N–H and O–H groups in total. The molecule has 0 aliphatic carbocycles. The van der Waals surface area contributed by atoms with Gasteiger partial charge in [-0.05, 0) is 38.0 Å². The molecule has 8 nitrogen and oxygen atoms in total. The van der Waals surface area contributed by atoms with Crippen LogP contribution in [0.1, 0.15) is 24.6 Å². The van der Waals surface area contributed by atoms with Crippen LogP contribution in [0, 0.1) is 6.92 Å². The molecule has 4 heterocycles. The van der Waals surface area contributed by atoms with Gasteiger partial charge in [-0.3, -0.25) is 4.98 Å². The number of rotatable bonds is 3. The van der Waals surface area contributed by atoms with Crippen LogP contribution in [-0.2, 0) is 4.74 Å². The molecular weight excluding hydrogens is 344 g/mol. The number of aromatic nitrogens is 6. The Morgan fingerprint density at radius 1 is 1.07 bits per heavy atom. The second kappa shape index (κ2) is 6.55. The van der Waals surface area contributed by atoms with E-state index in [2.05, 4.69) is 35.7 Å². The molecule has 3 aromatic heterocycles. The number of ether oxygens (including phenoxy) is 1. The molecule has 4 aromatic rings. The van der Waals surface area contributed by atoms with Crippen molar-refractivity contribution in [3.8, 4) is 23.0 Å². The van der Waals surface area contributed by atoms with E-state index in [1.54, 1.807) is 12.4 Å². The smallest absolute Gasteiger partial charge is 0.258 e. The number of hydrogen-bond acceptors (Lipinski definition) is 7. The van der Waals surface area contributed by atoms with E-state index in [9.17, 15) is 0 Å². The summed E-state index contributed by atoms with van der Waals surface area (Å²) in [7, 11) is 0. The fourth-order valence-electron chi connectivity index (χ4n) is 3.37. The average molecular weight is 362 g/mol. The summed E-state index contributed by atoms with van der Waals surface area (Å²) in [5.41, 5.74) is 4.27. The van der Waals surface area contributed by atoms with Gasteiger partial charge in [-0.25, -0.2) is 9.97 Å². The number of hydrogen-bond donors (Lipinski definition) is 0. The van der Waals surface area contributed by atoms with Crippen molar-refractivity contribution in [3.63, 3.8) is 0 Å².